The van der Waals surface area contributed by atoms with Crippen molar-refractivity contribution in [2.24, 2.45) is 0 Å². The van der Waals surface area contributed by atoms with Crippen LogP contribution < -0.4 is 0 Å². The van der Waals surface area contributed by atoms with E-state index in [9.17, 15) is 0 Å². The van der Waals surface area contributed by atoms with Crippen molar-refractivity contribution in [3.63, 3.8) is 0 Å². The van der Waals surface area contributed by atoms with Crippen molar-refractivity contribution in [3.8, 4) is 0 Å². The zero-order chi connectivity index (χ0) is 7.98. The zero-order valence-corrected chi connectivity index (χ0v) is 7.01. The number of rotatable bonds is 5. The van der Waals surface area contributed by atoms with Gasteiger partial charge in [0.05, 0.1) is 0 Å². The monoisotopic (exact) mass is 139 g/mol. The second-order valence-electron chi connectivity index (χ2n) is 2.63. The Kier molecular flexibility index (Phi) is 4.95. The standard InChI is InChI=1S/C9H17N/c1-5-7-10(8-6-2)9(3)4/h5-6,9H,1-2,7-8H2,3-4H3. The van der Waals surface area contributed by atoms with Gasteiger partial charge in [0.25, 0.3) is 0 Å². The first-order chi connectivity index (χ1) is 4.72. The van der Waals surface area contributed by atoms with Crippen LogP contribution in [0.15, 0.2) is 25.3 Å². The van der Waals surface area contributed by atoms with Gasteiger partial charge in [0.2, 0.25) is 0 Å². The number of nitrogens with zero attached hydrogens (tertiary/aromatic N) is 1. The molecule has 0 aliphatic heterocycles. The molecule has 0 saturated carbocycles. The molecule has 0 rings (SSSR count). The molecule has 1 heteroatoms. The van der Waals surface area contributed by atoms with Crippen molar-refractivity contribution < 1.29 is 0 Å². The van der Waals surface area contributed by atoms with E-state index in [0.717, 1.165) is 13.1 Å². The highest BCUT2D eigenvalue weighted by Gasteiger charge is 2.03. The van der Waals surface area contributed by atoms with Crippen LogP contribution in [0.2, 0.25) is 0 Å². The molecule has 1 nitrogen and oxygen atoms in total. The topological polar surface area (TPSA) is 3.24 Å². The molecule has 0 spiro atoms. The summed E-state index contributed by atoms with van der Waals surface area (Å²) in [5, 5.41) is 0. The van der Waals surface area contributed by atoms with Gasteiger partial charge in [-0.1, -0.05) is 12.2 Å². The van der Waals surface area contributed by atoms with Crippen LogP contribution in [0, 0.1) is 0 Å². The summed E-state index contributed by atoms with van der Waals surface area (Å²) in [6.45, 7) is 13.6. The summed E-state index contributed by atoms with van der Waals surface area (Å²) in [5.41, 5.74) is 0. The van der Waals surface area contributed by atoms with Crippen LogP contribution in [-0.4, -0.2) is 24.0 Å². The lowest BCUT2D eigenvalue weighted by Crippen LogP contribution is -2.30. The van der Waals surface area contributed by atoms with E-state index in [1.54, 1.807) is 0 Å². The van der Waals surface area contributed by atoms with Crippen molar-refractivity contribution in [1.82, 2.24) is 4.90 Å². The highest BCUT2D eigenvalue weighted by atomic mass is 15.1. The number of hydrogen-bond donors (Lipinski definition) is 0. The third kappa shape index (κ3) is 3.46. The van der Waals surface area contributed by atoms with E-state index in [4.69, 9.17) is 0 Å². The average Bonchev–Trinajstić information content (AvgIpc) is 1.87. The Hall–Kier alpha value is -0.560. The molecule has 0 atom stereocenters. The maximum atomic E-state index is 3.69. The van der Waals surface area contributed by atoms with Gasteiger partial charge in [-0.15, -0.1) is 13.2 Å². The minimum atomic E-state index is 0.580. The lowest BCUT2D eigenvalue weighted by atomic mass is 10.3. The minimum absolute atomic E-state index is 0.580. The molecule has 0 radical (unpaired) electrons. The summed E-state index contributed by atoms with van der Waals surface area (Å²) in [7, 11) is 0. The molecule has 0 heterocycles. The van der Waals surface area contributed by atoms with E-state index in [1.165, 1.54) is 0 Å². The lowest BCUT2D eigenvalue weighted by molar-refractivity contribution is 0.273. The van der Waals surface area contributed by atoms with Gasteiger partial charge in [-0.2, -0.15) is 0 Å². The smallest absolute Gasteiger partial charge is 0.0166 e. The van der Waals surface area contributed by atoms with Crippen LogP contribution >= 0.6 is 0 Å². The van der Waals surface area contributed by atoms with E-state index in [1.807, 2.05) is 12.2 Å². The Morgan fingerprint density at radius 3 is 1.80 bits per heavy atom. The maximum Gasteiger partial charge on any atom is 0.0166 e. The predicted molar refractivity (Wildman–Crippen MR) is 47.1 cm³/mol. The van der Waals surface area contributed by atoms with Crippen molar-refractivity contribution in [2.75, 3.05) is 13.1 Å². The lowest BCUT2D eigenvalue weighted by Gasteiger charge is -2.22. The van der Waals surface area contributed by atoms with E-state index < -0.39 is 0 Å². The Bertz CT molecular complexity index is 95.3. The van der Waals surface area contributed by atoms with Gasteiger partial charge < -0.3 is 0 Å². The molecule has 0 aromatic heterocycles. The molecule has 0 aliphatic rings. The van der Waals surface area contributed by atoms with Crippen LogP contribution in [0.4, 0.5) is 0 Å². The van der Waals surface area contributed by atoms with Crippen molar-refractivity contribution in [1.29, 1.82) is 0 Å². The van der Waals surface area contributed by atoms with Crippen LogP contribution in [0.1, 0.15) is 13.8 Å². The minimum Gasteiger partial charge on any atom is -0.294 e. The van der Waals surface area contributed by atoms with Gasteiger partial charge in [-0.05, 0) is 13.8 Å². The summed E-state index contributed by atoms with van der Waals surface area (Å²) in [6.07, 6.45) is 3.84. The van der Waals surface area contributed by atoms with Crippen molar-refractivity contribution in [2.45, 2.75) is 19.9 Å². The highest BCUT2D eigenvalue weighted by Crippen LogP contribution is 1.96. The third-order valence-corrected chi connectivity index (χ3v) is 1.46. The SMILES string of the molecule is C=CCN(CC=C)C(C)C. The van der Waals surface area contributed by atoms with E-state index >= 15 is 0 Å². The fourth-order valence-corrected chi connectivity index (χ4v) is 0.828. The molecular formula is C9H17N. The molecule has 0 aliphatic carbocycles. The summed E-state index contributed by atoms with van der Waals surface area (Å²) >= 11 is 0. The Morgan fingerprint density at radius 2 is 1.60 bits per heavy atom. The van der Waals surface area contributed by atoms with Crippen molar-refractivity contribution >= 4 is 0 Å². The van der Waals surface area contributed by atoms with Crippen LogP contribution in [-0.2, 0) is 0 Å². The van der Waals surface area contributed by atoms with Crippen LogP contribution in [0.5, 0.6) is 0 Å². The van der Waals surface area contributed by atoms with E-state index in [-0.39, 0.29) is 0 Å². The summed E-state index contributed by atoms with van der Waals surface area (Å²) in [6, 6.07) is 0.580. The highest BCUT2D eigenvalue weighted by molar-refractivity contribution is 4.81. The van der Waals surface area contributed by atoms with Crippen LogP contribution in [0.25, 0.3) is 0 Å². The van der Waals surface area contributed by atoms with Crippen molar-refractivity contribution in [3.05, 3.63) is 25.3 Å². The molecule has 0 fully saturated rings. The first-order valence-electron chi connectivity index (χ1n) is 3.68. The molecule has 0 N–H and O–H groups in total. The van der Waals surface area contributed by atoms with Gasteiger partial charge in [0.1, 0.15) is 0 Å². The second kappa shape index (κ2) is 5.24. The summed E-state index contributed by atoms with van der Waals surface area (Å²) in [4.78, 5) is 2.29. The van der Waals surface area contributed by atoms with Gasteiger partial charge >= 0.3 is 0 Å². The molecule has 0 unspecified atom stereocenters. The molecule has 58 valence electrons. The number of hydrogen-bond acceptors (Lipinski definition) is 1. The Morgan fingerprint density at radius 1 is 1.20 bits per heavy atom. The molecule has 0 aromatic carbocycles. The average molecular weight is 139 g/mol. The molecule has 0 bridgehead atoms. The molecule has 0 saturated heterocycles. The molecular weight excluding hydrogens is 122 g/mol. The Labute approximate surface area is 64.0 Å². The fraction of sp³-hybridized carbons (Fsp3) is 0.556. The van der Waals surface area contributed by atoms with Gasteiger partial charge in [-0.25, -0.2) is 0 Å². The first kappa shape index (κ1) is 9.44. The quantitative estimate of drug-likeness (QED) is 0.527. The first-order valence-corrected chi connectivity index (χ1v) is 3.68. The normalized spacial score (nSPS) is 10.4. The predicted octanol–water partition coefficient (Wildman–Crippen LogP) is 2.07. The second-order valence-corrected chi connectivity index (χ2v) is 2.63. The third-order valence-electron chi connectivity index (χ3n) is 1.46. The molecule has 0 aromatic rings. The van der Waals surface area contributed by atoms with Gasteiger partial charge in [0, 0.05) is 19.1 Å². The molecule has 0 amide bonds. The largest absolute Gasteiger partial charge is 0.294 e. The van der Waals surface area contributed by atoms with Crippen LogP contribution in [0.3, 0.4) is 0 Å². The van der Waals surface area contributed by atoms with Gasteiger partial charge in [-0.3, -0.25) is 4.90 Å². The van der Waals surface area contributed by atoms with E-state index in [2.05, 4.69) is 31.9 Å². The molecule has 10 heavy (non-hydrogen) atoms. The zero-order valence-electron chi connectivity index (χ0n) is 7.01. The van der Waals surface area contributed by atoms with Gasteiger partial charge in [0.15, 0.2) is 0 Å². The Balaban J connectivity index is 3.70. The fourth-order valence-electron chi connectivity index (χ4n) is 0.828. The summed E-state index contributed by atoms with van der Waals surface area (Å²) in [5.74, 6) is 0. The van der Waals surface area contributed by atoms with E-state index in [0.29, 0.717) is 6.04 Å². The maximum absolute atomic E-state index is 3.69. The summed E-state index contributed by atoms with van der Waals surface area (Å²) < 4.78 is 0.